The van der Waals surface area contributed by atoms with Crippen LogP contribution in [0.1, 0.15) is 11.7 Å². The standard InChI is InChI=1S/C16H13ClN6O2S/c1-9-12(6-7-24-9)14-20-22-16(23(14)18)26-8-13-19-21-15(25-13)10-2-4-11(17)5-3-10/h2-7H,8,18H2,1H3. The Balaban J connectivity index is 1.48. The molecule has 0 saturated carbocycles. The Bertz CT molecular complexity index is 1040. The topological polar surface area (TPSA) is 109 Å². The summed E-state index contributed by atoms with van der Waals surface area (Å²) in [6.45, 7) is 1.84. The summed E-state index contributed by atoms with van der Waals surface area (Å²) in [6.07, 6.45) is 1.59. The number of hydrogen-bond donors (Lipinski definition) is 1. The van der Waals surface area contributed by atoms with Gasteiger partial charge in [0.2, 0.25) is 16.9 Å². The van der Waals surface area contributed by atoms with E-state index in [9.17, 15) is 0 Å². The van der Waals surface area contributed by atoms with Crippen molar-refractivity contribution in [1.82, 2.24) is 25.1 Å². The first kappa shape index (κ1) is 16.7. The van der Waals surface area contributed by atoms with Crippen LogP contribution < -0.4 is 5.84 Å². The molecule has 0 unspecified atom stereocenters. The molecule has 3 heterocycles. The van der Waals surface area contributed by atoms with Crippen LogP contribution in [0.4, 0.5) is 0 Å². The second-order valence-electron chi connectivity index (χ2n) is 5.36. The number of halogens is 1. The van der Waals surface area contributed by atoms with E-state index in [0.717, 1.165) is 16.9 Å². The number of benzene rings is 1. The van der Waals surface area contributed by atoms with E-state index in [0.29, 0.717) is 33.5 Å². The van der Waals surface area contributed by atoms with Crippen molar-refractivity contribution in [2.75, 3.05) is 5.84 Å². The van der Waals surface area contributed by atoms with Crippen LogP contribution >= 0.6 is 23.4 Å². The number of aryl methyl sites for hydroxylation is 1. The van der Waals surface area contributed by atoms with Gasteiger partial charge in [-0.05, 0) is 37.3 Å². The fourth-order valence-corrected chi connectivity index (χ4v) is 3.14. The number of furan rings is 1. The third kappa shape index (κ3) is 3.18. The molecular formula is C16H13ClN6O2S. The van der Waals surface area contributed by atoms with Crippen LogP contribution in [0.3, 0.4) is 0 Å². The smallest absolute Gasteiger partial charge is 0.247 e. The zero-order chi connectivity index (χ0) is 18.1. The molecule has 0 amide bonds. The molecule has 0 aliphatic rings. The summed E-state index contributed by atoms with van der Waals surface area (Å²) >= 11 is 7.23. The maximum absolute atomic E-state index is 6.09. The Labute approximate surface area is 157 Å². The highest BCUT2D eigenvalue weighted by atomic mass is 35.5. The van der Waals surface area contributed by atoms with Gasteiger partial charge in [0.15, 0.2) is 5.82 Å². The molecule has 0 radical (unpaired) electrons. The predicted octanol–water partition coefficient (Wildman–Crippen LogP) is 3.56. The van der Waals surface area contributed by atoms with E-state index in [-0.39, 0.29) is 0 Å². The van der Waals surface area contributed by atoms with Gasteiger partial charge in [0.05, 0.1) is 17.6 Å². The maximum Gasteiger partial charge on any atom is 0.247 e. The van der Waals surface area contributed by atoms with Gasteiger partial charge in [-0.15, -0.1) is 20.4 Å². The summed E-state index contributed by atoms with van der Waals surface area (Å²) in [7, 11) is 0. The van der Waals surface area contributed by atoms with Gasteiger partial charge in [-0.2, -0.15) is 0 Å². The van der Waals surface area contributed by atoms with E-state index in [1.54, 1.807) is 24.5 Å². The van der Waals surface area contributed by atoms with Gasteiger partial charge in [-0.3, -0.25) is 0 Å². The SMILES string of the molecule is Cc1occc1-c1nnc(SCc2nnc(-c3ccc(Cl)cc3)o2)n1N. The number of thioether (sulfide) groups is 1. The van der Waals surface area contributed by atoms with Gasteiger partial charge < -0.3 is 14.7 Å². The Morgan fingerprint density at radius 2 is 1.92 bits per heavy atom. The van der Waals surface area contributed by atoms with Crippen LogP contribution in [0.5, 0.6) is 0 Å². The minimum atomic E-state index is 0.417. The number of nitrogens with two attached hydrogens (primary N) is 1. The summed E-state index contributed by atoms with van der Waals surface area (Å²) in [5, 5.41) is 17.5. The van der Waals surface area contributed by atoms with E-state index in [4.69, 9.17) is 26.3 Å². The molecule has 0 aliphatic heterocycles. The number of rotatable bonds is 5. The van der Waals surface area contributed by atoms with Crippen LogP contribution in [-0.2, 0) is 5.75 Å². The van der Waals surface area contributed by atoms with Crippen molar-refractivity contribution < 1.29 is 8.83 Å². The van der Waals surface area contributed by atoms with Gasteiger partial charge in [-0.25, -0.2) is 4.68 Å². The van der Waals surface area contributed by atoms with Crippen molar-refractivity contribution in [2.45, 2.75) is 17.8 Å². The molecule has 4 rings (SSSR count). The molecule has 8 nitrogen and oxygen atoms in total. The molecule has 132 valence electrons. The van der Waals surface area contributed by atoms with E-state index >= 15 is 0 Å². The van der Waals surface area contributed by atoms with Gasteiger partial charge in [0.25, 0.3) is 0 Å². The Kier molecular flexibility index (Phi) is 4.39. The normalized spacial score (nSPS) is 11.2. The van der Waals surface area contributed by atoms with Crippen LogP contribution in [-0.4, -0.2) is 25.1 Å². The van der Waals surface area contributed by atoms with Gasteiger partial charge in [-0.1, -0.05) is 23.4 Å². The number of nitrogens with zero attached hydrogens (tertiary/aromatic N) is 5. The molecule has 0 saturated heterocycles. The highest BCUT2D eigenvalue weighted by molar-refractivity contribution is 7.98. The molecule has 0 aliphatic carbocycles. The fraction of sp³-hybridized carbons (Fsp3) is 0.125. The third-order valence-corrected chi connectivity index (χ3v) is 4.83. The first-order valence-corrected chi connectivity index (χ1v) is 8.94. The second kappa shape index (κ2) is 6.85. The first-order valence-electron chi connectivity index (χ1n) is 7.58. The van der Waals surface area contributed by atoms with E-state index in [2.05, 4.69) is 20.4 Å². The summed E-state index contributed by atoms with van der Waals surface area (Å²) in [5.41, 5.74) is 1.60. The first-order chi connectivity index (χ1) is 12.6. The summed E-state index contributed by atoms with van der Waals surface area (Å²) in [5.74, 6) is 8.66. The molecule has 26 heavy (non-hydrogen) atoms. The highest BCUT2D eigenvalue weighted by Gasteiger charge is 2.17. The average Bonchev–Trinajstić information content (AvgIpc) is 3.35. The quantitative estimate of drug-likeness (QED) is 0.408. The molecule has 4 aromatic rings. The number of nitrogen functional groups attached to an aromatic ring is 1. The molecule has 0 atom stereocenters. The lowest BCUT2D eigenvalue weighted by Crippen LogP contribution is -2.11. The molecular weight excluding hydrogens is 376 g/mol. The third-order valence-electron chi connectivity index (χ3n) is 3.65. The lowest BCUT2D eigenvalue weighted by atomic mass is 10.2. The van der Waals surface area contributed by atoms with Gasteiger partial charge in [0, 0.05) is 10.6 Å². The monoisotopic (exact) mass is 388 g/mol. The highest BCUT2D eigenvalue weighted by Crippen LogP contribution is 2.27. The molecule has 1 aromatic carbocycles. The largest absolute Gasteiger partial charge is 0.469 e. The van der Waals surface area contributed by atoms with Crippen LogP contribution in [0.2, 0.25) is 5.02 Å². The maximum atomic E-state index is 6.09. The number of aromatic nitrogens is 5. The van der Waals surface area contributed by atoms with Gasteiger partial charge >= 0.3 is 0 Å². The lowest BCUT2D eigenvalue weighted by Gasteiger charge is -2.01. The molecule has 3 aromatic heterocycles. The minimum absolute atomic E-state index is 0.417. The van der Waals surface area contributed by atoms with Crippen molar-refractivity contribution >= 4 is 23.4 Å². The Morgan fingerprint density at radius 1 is 1.12 bits per heavy atom. The van der Waals surface area contributed by atoms with E-state index in [1.807, 2.05) is 19.1 Å². The Morgan fingerprint density at radius 3 is 2.65 bits per heavy atom. The van der Waals surface area contributed by atoms with E-state index in [1.165, 1.54) is 16.4 Å². The van der Waals surface area contributed by atoms with Crippen molar-refractivity contribution in [3.63, 3.8) is 0 Å². The average molecular weight is 389 g/mol. The minimum Gasteiger partial charge on any atom is -0.469 e. The van der Waals surface area contributed by atoms with Crippen LogP contribution in [0.15, 0.2) is 50.6 Å². The zero-order valence-corrected chi connectivity index (χ0v) is 15.2. The summed E-state index contributed by atoms with van der Waals surface area (Å²) < 4.78 is 12.4. The predicted molar refractivity (Wildman–Crippen MR) is 96.9 cm³/mol. The molecule has 0 spiro atoms. The zero-order valence-electron chi connectivity index (χ0n) is 13.6. The Hall–Kier alpha value is -2.78. The van der Waals surface area contributed by atoms with E-state index < -0.39 is 0 Å². The van der Waals surface area contributed by atoms with Crippen molar-refractivity contribution in [3.05, 3.63) is 53.3 Å². The van der Waals surface area contributed by atoms with Crippen molar-refractivity contribution in [1.29, 1.82) is 0 Å². The van der Waals surface area contributed by atoms with Crippen molar-refractivity contribution in [2.24, 2.45) is 0 Å². The lowest BCUT2D eigenvalue weighted by molar-refractivity contribution is 0.528. The number of hydrogen-bond acceptors (Lipinski definition) is 8. The molecule has 0 fully saturated rings. The summed E-state index contributed by atoms with van der Waals surface area (Å²) in [4.78, 5) is 0. The second-order valence-corrected chi connectivity index (χ2v) is 6.74. The van der Waals surface area contributed by atoms with Crippen LogP contribution in [0, 0.1) is 6.92 Å². The molecule has 0 bridgehead atoms. The molecule has 10 heteroatoms. The van der Waals surface area contributed by atoms with Crippen LogP contribution in [0.25, 0.3) is 22.8 Å². The molecule has 2 N–H and O–H groups in total. The van der Waals surface area contributed by atoms with Crippen molar-refractivity contribution in [3.8, 4) is 22.8 Å². The fourth-order valence-electron chi connectivity index (χ4n) is 2.32. The van der Waals surface area contributed by atoms with Gasteiger partial charge in [0.1, 0.15) is 5.76 Å². The summed E-state index contributed by atoms with van der Waals surface area (Å²) in [6, 6.07) is 8.98.